The van der Waals surface area contributed by atoms with E-state index in [9.17, 15) is 19.0 Å². The number of carbonyl (C=O) groups is 2. The van der Waals surface area contributed by atoms with Gasteiger partial charge in [-0.3, -0.25) is 18.6 Å². The van der Waals surface area contributed by atoms with Crippen LogP contribution in [0.25, 0.3) is 0 Å². The number of esters is 2. The van der Waals surface area contributed by atoms with Crippen molar-refractivity contribution in [3.05, 3.63) is 12.2 Å². The van der Waals surface area contributed by atoms with Gasteiger partial charge >= 0.3 is 19.8 Å². The molecule has 0 aromatic heterocycles. The van der Waals surface area contributed by atoms with E-state index in [1.54, 1.807) is 0 Å². The second-order valence-corrected chi connectivity index (χ2v) is 11.9. The van der Waals surface area contributed by atoms with Gasteiger partial charge in [-0.05, 0) is 32.6 Å². The van der Waals surface area contributed by atoms with Gasteiger partial charge in [0.15, 0.2) is 6.10 Å². The van der Waals surface area contributed by atoms with Crippen molar-refractivity contribution in [2.24, 2.45) is 0 Å². The third-order valence-electron chi connectivity index (χ3n) is 5.64. The highest BCUT2D eigenvalue weighted by atomic mass is 31.2. The Morgan fingerprint density at radius 3 is 2.08 bits per heavy atom. The Kier molecular flexibility index (Phi) is 20.9. The molecule has 218 valence electrons. The lowest BCUT2D eigenvalue weighted by Gasteiger charge is -2.24. The van der Waals surface area contributed by atoms with Crippen LogP contribution in [0, 0.1) is 0 Å². The Balaban J connectivity index is 4.60. The van der Waals surface area contributed by atoms with E-state index in [1.807, 2.05) is 34.1 Å². The highest BCUT2D eigenvalue weighted by Gasteiger charge is 2.27. The molecule has 0 aromatic rings. The third kappa shape index (κ3) is 24.8. The quantitative estimate of drug-likeness (QED) is 0.0517. The van der Waals surface area contributed by atoms with Crippen molar-refractivity contribution in [3.63, 3.8) is 0 Å². The zero-order valence-corrected chi connectivity index (χ0v) is 24.8. The highest BCUT2D eigenvalue weighted by Crippen LogP contribution is 2.43. The number of nitrogens with zero attached hydrogens (tertiary/aromatic N) is 1. The smallest absolute Gasteiger partial charge is 0.462 e. The highest BCUT2D eigenvalue weighted by molar-refractivity contribution is 7.47. The third-order valence-corrected chi connectivity index (χ3v) is 6.62. The van der Waals surface area contributed by atoms with E-state index >= 15 is 0 Å². The average molecular weight is 551 g/mol. The SMILES string of the molecule is C/C=C/CCCCCCCC(=O)O[C@H](COC(=O)CCCCCCC)COP(=O)(O)OCC[N+](C)(C)C. The molecule has 1 unspecified atom stereocenters. The number of unbranched alkanes of at least 4 members (excludes halogenated alkanes) is 9. The van der Waals surface area contributed by atoms with Crippen LogP contribution < -0.4 is 0 Å². The molecule has 0 saturated heterocycles. The molecule has 0 spiro atoms. The van der Waals surface area contributed by atoms with Gasteiger partial charge < -0.3 is 18.9 Å². The van der Waals surface area contributed by atoms with Crippen molar-refractivity contribution in [2.45, 2.75) is 103 Å². The molecule has 2 atom stereocenters. The molecule has 1 N–H and O–H groups in total. The standard InChI is InChI=1S/C27H52NO8P/c1-6-8-10-12-13-14-16-18-20-27(30)36-25(23-33-26(29)19-17-15-11-9-7-2)24-35-37(31,32)34-22-21-28(3,4)5/h6,8,25H,7,9-24H2,1-5H3/p+1/b8-6+/t25-/m1/s1. The fourth-order valence-corrected chi connectivity index (χ4v) is 4.11. The Labute approximate surface area is 225 Å². The first-order valence-electron chi connectivity index (χ1n) is 13.9. The van der Waals surface area contributed by atoms with E-state index in [0.29, 0.717) is 17.4 Å². The van der Waals surface area contributed by atoms with E-state index in [1.165, 1.54) is 0 Å². The summed E-state index contributed by atoms with van der Waals surface area (Å²) in [4.78, 5) is 34.4. The predicted octanol–water partition coefficient (Wildman–Crippen LogP) is 5.95. The summed E-state index contributed by atoms with van der Waals surface area (Å²) < 4.78 is 33.6. The number of ether oxygens (including phenoxy) is 2. The minimum Gasteiger partial charge on any atom is -0.462 e. The fraction of sp³-hybridized carbons (Fsp3) is 0.852. The van der Waals surface area contributed by atoms with Crippen molar-refractivity contribution in [1.82, 2.24) is 0 Å². The van der Waals surface area contributed by atoms with Gasteiger partial charge in [0.1, 0.15) is 19.8 Å². The minimum absolute atomic E-state index is 0.0312. The molecule has 37 heavy (non-hydrogen) atoms. The monoisotopic (exact) mass is 550 g/mol. The number of rotatable bonds is 24. The van der Waals surface area contributed by atoms with Crippen molar-refractivity contribution < 1.29 is 42.1 Å². The van der Waals surface area contributed by atoms with Crippen molar-refractivity contribution in [3.8, 4) is 0 Å². The summed E-state index contributed by atoms with van der Waals surface area (Å²) in [5, 5.41) is 0. The van der Waals surface area contributed by atoms with Crippen LogP contribution in [0.15, 0.2) is 12.2 Å². The summed E-state index contributed by atoms with van der Waals surface area (Å²) in [5.74, 6) is -0.835. The van der Waals surface area contributed by atoms with Crippen LogP contribution in [0.4, 0.5) is 0 Å². The topological polar surface area (TPSA) is 108 Å². The fourth-order valence-electron chi connectivity index (χ4n) is 3.37. The van der Waals surface area contributed by atoms with Gasteiger partial charge in [0.25, 0.3) is 0 Å². The number of quaternary nitrogens is 1. The predicted molar refractivity (Wildman–Crippen MR) is 146 cm³/mol. The number of hydrogen-bond acceptors (Lipinski definition) is 7. The Bertz CT molecular complexity index is 678. The molecular formula is C27H53NO8P+. The molecule has 10 heteroatoms. The Morgan fingerprint density at radius 2 is 1.46 bits per heavy atom. The number of phosphoric ester groups is 1. The van der Waals surface area contributed by atoms with Gasteiger partial charge in [-0.2, -0.15) is 0 Å². The van der Waals surface area contributed by atoms with Gasteiger partial charge in [0, 0.05) is 12.8 Å². The zero-order chi connectivity index (χ0) is 28.0. The molecule has 0 aliphatic heterocycles. The molecule has 0 radical (unpaired) electrons. The molecule has 0 aliphatic rings. The van der Waals surface area contributed by atoms with Crippen LogP contribution in [0.5, 0.6) is 0 Å². The van der Waals surface area contributed by atoms with Crippen molar-refractivity contribution in [1.29, 1.82) is 0 Å². The summed E-state index contributed by atoms with van der Waals surface area (Å²) in [6.07, 6.45) is 14.8. The van der Waals surface area contributed by atoms with Crippen LogP contribution in [0.2, 0.25) is 0 Å². The summed E-state index contributed by atoms with van der Waals surface area (Å²) in [7, 11) is 1.46. The number of phosphoric acid groups is 1. The van der Waals surface area contributed by atoms with Crippen LogP contribution in [0.1, 0.15) is 97.3 Å². The summed E-state index contributed by atoms with van der Waals surface area (Å²) in [6, 6.07) is 0. The molecule has 0 bridgehead atoms. The first-order chi connectivity index (χ1) is 17.5. The largest absolute Gasteiger partial charge is 0.472 e. The number of carbonyl (C=O) groups excluding carboxylic acids is 2. The molecule has 0 aromatic carbocycles. The van der Waals surface area contributed by atoms with E-state index in [4.69, 9.17) is 18.5 Å². The van der Waals surface area contributed by atoms with Crippen LogP contribution in [-0.2, 0) is 32.7 Å². The van der Waals surface area contributed by atoms with E-state index in [0.717, 1.165) is 64.2 Å². The maximum Gasteiger partial charge on any atom is 0.472 e. The second-order valence-electron chi connectivity index (χ2n) is 10.4. The Morgan fingerprint density at radius 1 is 0.865 bits per heavy atom. The first-order valence-corrected chi connectivity index (χ1v) is 15.4. The van der Waals surface area contributed by atoms with Gasteiger partial charge in [0.05, 0.1) is 27.7 Å². The number of likely N-dealkylation sites (N-methyl/N-ethyl adjacent to an activating group) is 1. The molecule has 0 rings (SSSR count). The van der Waals surface area contributed by atoms with Crippen LogP contribution in [0.3, 0.4) is 0 Å². The van der Waals surface area contributed by atoms with E-state index in [-0.39, 0.29) is 32.0 Å². The maximum atomic E-state index is 12.4. The van der Waals surface area contributed by atoms with Crippen molar-refractivity contribution >= 4 is 19.8 Å². The van der Waals surface area contributed by atoms with Gasteiger partial charge in [-0.1, -0.05) is 64.0 Å². The van der Waals surface area contributed by atoms with E-state index < -0.39 is 26.5 Å². The summed E-state index contributed by atoms with van der Waals surface area (Å²) >= 11 is 0. The first kappa shape index (κ1) is 35.8. The number of allylic oxidation sites excluding steroid dienone is 2. The number of hydrogen-bond donors (Lipinski definition) is 1. The second kappa shape index (κ2) is 21.7. The molecule has 9 nitrogen and oxygen atoms in total. The van der Waals surface area contributed by atoms with Gasteiger partial charge in [0.2, 0.25) is 0 Å². The average Bonchev–Trinajstić information content (AvgIpc) is 2.81. The molecule has 0 aliphatic carbocycles. The molecule has 0 fully saturated rings. The molecule has 0 heterocycles. The minimum atomic E-state index is -4.34. The zero-order valence-electron chi connectivity index (χ0n) is 24.0. The lowest BCUT2D eigenvalue weighted by Crippen LogP contribution is -2.37. The lowest BCUT2D eigenvalue weighted by atomic mass is 10.1. The molecule has 0 amide bonds. The van der Waals surface area contributed by atoms with Crippen molar-refractivity contribution in [2.75, 3.05) is 47.5 Å². The normalized spacial score (nSPS) is 14.4. The van der Waals surface area contributed by atoms with Crippen LogP contribution >= 0.6 is 7.82 Å². The molecular weight excluding hydrogens is 497 g/mol. The lowest BCUT2D eigenvalue weighted by molar-refractivity contribution is -0.870. The van der Waals surface area contributed by atoms with Gasteiger partial charge in [-0.15, -0.1) is 0 Å². The van der Waals surface area contributed by atoms with Gasteiger partial charge in [-0.25, -0.2) is 4.57 Å². The maximum absolute atomic E-state index is 12.4. The molecule has 0 saturated carbocycles. The Hall–Kier alpha value is -1.25. The summed E-state index contributed by atoms with van der Waals surface area (Å²) in [6.45, 7) is 4.05. The summed E-state index contributed by atoms with van der Waals surface area (Å²) in [5.41, 5.74) is 0. The van der Waals surface area contributed by atoms with Crippen LogP contribution in [-0.4, -0.2) is 74.9 Å². The van der Waals surface area contributed by atoms with E-state index in [2.05, 4.69) is 13.0 Å².